The number of hydrogen-bond donors (Lipinski definition) is 2. The number of thiophene rings is 1. The highest BCUT2D eigenvalue weighted by Gasteiger charge is 2.47. The second-order valence-electron chi connectivity index (χ2n) is 12.6. The number of carboxylic acids is 1. The van der Waals surface area contributed by atoms with Crippen LogP contribution >= 0.6 is 11.3 Å². The van der Waals surface area contributed by atoms with Crippen LogP contribution in [0.5, 0.6) is 0 Å². The maximum atomic E-state index is 16.6. The van der Waals surface area contributed by atoms with E-state index in [0.717, 1.165) is 57.6 Å². The highest BCUT2D eigenvalue weighted by atomic mass is 32.2. The number of nitrogens with zero attached hydrogens (tertiary/aromatic N) is 4. The minimum Gasteiger partial charge on any atom is -0.481 e. The average molecular weight is 686 g/mol. The number of carbonyl (C=O) groups is 1. The number of rotatable bonds is 7. The molecule has 2 bridgehead atoms. The van der Waals surface area contributed by atoms with Crippen molar-refractivity contribution in [2.75, 3.05) is 5.32 Å². The van der Waals surface area contributed by atoms with Gasteiger partial charge in [-0.05, 0) is 80.2 Å². The molecule has 13 heteroatoms. The fourth-order valence-corrected chi connectivity index (χ4v) is 9.71. The maximum absolute atomic E-state index is 16.6. The fourth-order valence-electron chi connectivity index (χ4n) is 7.33. The van der Waals surface area contributed by atoms with Crippen LogP contribution in [0.1, 0.15) is 31.2 Å². The minimum atomic E-state index is -4.20. The second-order valence-corrected chi connectivity index (χ2v) is 15.5. The van der Waals surface area contributed by atoms with E-state index in [0.29, 0.717) is 4.88 Å². The third-order valence-corrected chi connectivity index (χ3v) is 12.5. The van der Waals surface area contributed by atoms with Gasteiger partial charge in [-0.15, -0.1) is 11.3 Å². The van der Waals surface area contributed by atoms with Gasteiger partial charge >= 0.3 is 5.97 Å². The first-order valence-electron chi connectivity index (χ1n) is 15.6. The van der Waals surface area contributed by atoms with Crippen molar-refractivity contribution in [2.45, 2.75) is 43.5 Å². The molecule has 0 saturated heterocycles. The third kappa shape index (κ3) is 5.03. The van der Waals surface area contributed by atoms with Gasteiger partial charge in [-0.25, -0.2) is 36.1 Å². The molecule has 3 fully saturated rings. The van der Waals surface area contributed by atoms with Crippen LogP contribution in [0.4, 0.5) is 14.6 Å². The number of nitrogens with one attached hydrogen (secondary N) is 1. The van der Waals surface area contributed by atoms with Gasteiger partial charge < -0.3 is 10.4 Å². The fraction of sp³-hybridized carbons (Fsp3) is 0.257. The number of anilines is 1. The Bertz CT molecular complexity index is 2320. The Labute approximate surface area is 278 Å². The highest BCUT2D eigenvalue weighted by molar-refractivity contribution is 7.90. The monoisotopic (exact) mass is 685 g/mol. The SMILES string of the molecule is Cc1ccc(S(=O)(=O)n2cc(-c3nc(NC4C5CCC(CC5)C4C(=O)O)c(F)c(-c4cc5ccccc5s4)n3)c3cc(F)cnc32)cc1. The van der Waals surface area contributed by atoms with E-state index >= 15 is 4.39 Å². The summed E-state index contributed by atoms with van der Waals surface area (Å²) in [5.74, 6) is -3.39. The van der Waals surface area contributed by atoms with Gasteiger partial charge in [0, 0.05) is 27.9 Å². The first kappa shape index (κ1) is 30.6. The van der Waals surface area contributed by atoms with Crippen LogP contribution in [-0.4, -0.2) is 44.5 Å². The zero-order chi connectivity index (χ0) is 33.3. The van der Waals surface area contributed by atoms with Crippen molar-refractivity contribution in [2.24, 2.45) is 17.8 Å². The molecule has 0 amide bonds. The second kappa shape index (κ2) is 11.4. The van der Waals surface area contributed by atoms with Crippen molar-refractivity contribution in [3.63, 3.8) is 0 Å². The van der Waals surface area contributed by atoms with Crippen molar-refractivity contribution in [1.82, 2.24) is 18.9 Å². The van der Waals surface area contributed by atoms with E-state index in [1.165, 1.54) is 29.7 Å². The minimum absolute atomic E-state index is 0.00286. The van der Waals surface area contributed by atoms with Crippen molar-refractivity contribution < 1.29 is 27.1 Å². The third-order valence-electron chi connectivity index (χ3n) is 9.72. The van der Waals surface area contributed by atoms with E-state index in [-0.39, 0.29) is 50.7 Å². The van der Waals surface area contributed by atoms with E-state index in [9.17, 15) is 22.7 Å². The summed E-state index contributed by atoms with van der Waals surface area (Å²) < 4.78 is 61.0. The highest BCUT2D eigenvalue weighted by Crippen LogP contribution is 2.47. The normalized spacial score (nSPS) is 20.8. The summed E-state index contributed by atoms with van der Waals surface area (Å²) in [5.41, 5.74) is 0.909. The van der Waals surface area contributed by atoms with Crippen LogP contribution in [0.25, 0.3) is 43.1 Å². The molecule has 9 nitrogen and oxygen atoms in total. The van der Waals surface area contributed by atoms with Gasteiger partial charge in [0.05, 0.1) is 21.9 Å². The first-order chi connectivity index (χ1) is 23.1. The molecule has 4 heterocycles. The molecule has 48 heavy (non-hydrogen) atoms. The van der Waals surface area contributed by atoms with E-state index in [1.807, 2.05) is 37.3 Å². The van der Waals surface area contributed by atoms with Gasteiger partial charge in [-0.2, -0.15) is 0 Å². The van der Waals surface area contributed by atoms with Gasteiger partial charge in [0.15, 0.2) is 23.1 Å². The Balaban J connectivity index is 1.34. The van der Waals surface area contributed by atoms with Crippen LogP contribution in [0, 0.1) is 36.3 Å². The molecule has 4 aromatic heterocycles. The summed E-state index contributed by atoms with van der Waals surface area (Å²) in [7, 11) is -4.20. The molecule has 0 aliphatic heterocycles. The Hall–Kier alpha value is -4.75. The number of aryl methyl sites for hydroxylation is 1. The summed E-state index contributed by atoms with van der Waals surface area (Å²) in [6, 6.07) is 16.3. The number of halogens is 2. The Morgan fingerprint density at radius 1 is 1.00 bits per heavy atom. The zero-order valence-electron chi connectivity index (χ0n) is 25.6. The Morgan fingerprint density at radius 3 is 2.46 bits per heavy atom. The molecule has 2 N–H and O–H groups in total. The van der Waals surface area contributed by atoms with Gasteiger partial charge in [0.1, 0.15) is 11.5 Å². The lowest BCUT2D eigenvalue weighted by molar-refractivity contribution is -0.148. The van der Waals surface area contributed by atoms with Crippen LogP contribution < -0.4 is 5.32 Å². The summed E-state index contributed by atoms with van der Waals surface area (Å²) in [4.78, 5) is 26.3. The van der Waals surface area contributed by atoms with E-state index in [1.54, 1.807) is 12.1 Å². The lowest BCUT2D eigenvalue weighted by atomic mass is 9.61. The van der Waals surface area contributed by atoms with Gasteiger partial charge in [-0.3, -0.25) is 4.79 Å². The van der Waals surface area contributed by atoms with Crippen LogP contribution in [0.2, 0.25) is 0 Å². The number of aromatic nitrogens is 4. The summed E-state index contributed by atoms with van der Waals surface area (Å²) >= 11 is 1.33. The molecule has 244 valence electrons. The number of pyridine rings is 1. The van der Waals surface area contributed by atoms with Crippen molar-refractivity contribution in [1.29, 1.82) is 0 Å². The summed E-state index contributed by atoms with van der Waals surface area (Å²) in [5, 5.41) is 14.4. The molecule has 6 aromatic rings. The van der Waals surface area contributed by atoms with E-state index in [2.05, 4.69) is 20.3 Å². The number of carboxylic acid groups (broad SMARTS) is 1. The summed E-state index contributed by atoms with van der Waals surface area (Å²) in [6.07, 6.45) is 5.46. The zero-order valence-corrected chi connectivity index (χ0v) is 27.2. The van der Waals surface area contributed by atoms with Crippen molar-refractivity contribution >= 4 is 54.3 Å². The van der Waals surface area contributed by atoms with Crippen molar-refractivity contribution in [3.05, 3.63) is 90.3 Å². The number of hydrogen-bond acceptors (Lipinski definition) is 8. The molecule has 2 unspecified atom stereocenters. The molecule has 2 aromatic carbocycles. The summed E-state index contributed by atoms with van der Waals surface area (Å²) in [6.45, 7) is 1.84. The number of benzene rings is 2. The quantitative estimate of drug-likeness (QED) is 0.177. The van der Waals surface area contributed by atoms with Gasteiger partial charge in [0.2, 0.25) is 0 Å². The maximum Gasteiger partial charge on any atom is 0.308 e. The molecule has 9 rings (SSSR count). The molecule has 0 radical (unpaired) electrons. The standard InChI is InChI=1S/C35H29F2N5O4S2/c1-18-6-12-23(13-7-18)48(45,46)42-17-25(24-15-22(36)16-38-34(24)42)32-40-31(27-14-21-4-2-3-5-26(21)47-27)29(37)33(41-32)39-30-20-10-8-19(9-11-20)28(30)35(43)44/h2-7,12-17,19-20,28,30H,8-11H2,1H3,(H,43,44)(H,39,40,41). The molecule has 3 aliphatic rings. The Kier molecular flexibility index (Phi) is 7.29. The molecular weight excluding hydrogens is 657 g/mol. The van der Waals surface area contributed by atoms with Crippen LogP contribution in [-0.2, 0) is 14.8 Å². The number of fused-ring (bicyclic) bond motifs is 5. The number of aliphatic carboxylic acids is 1. The predicted molar refractivity (Wildman–Crippen MR) is 179 cm³/mol. The topological polar surface area (TPSA) is 127 Å². The van der Waals surface area contributed by atoms with E-state index < -0.39 is 39.6 Å². The predicted octanol–water partition coefficient (Wildman–Crippen LogP) is 7.50. The van der Waals surface area contributed by atoms with Crippen molar-refractivity contribution in [3.8, 4) is 22.0 Å². The lowest BCUT2D eigenvalue weighted by Crippen LogP contribution is -2.51. The molecule has 2 atom stereocenters. The van der Waals surface area contributed by atoms with Crippen LogP contribution in [0.3, 0.4) is 0 Å². The molecule has 3 saturated carbocycles. The van der Waals surface area contributed by atoms with Gasteiger partial charge in [0.25, 0.3) is 10.0 Å². The largest absolute Gasteiger partial charge is 0.481 e. The Morgan fingerprint density at radius 2 is 1.73 bits per heavy atom. The molecule has 0 spiro atoms. The lowest BCUT2D eigenvalue weighted by Gasteiger charge is -2.47. The smallest absolute Gasteiger partial charge is 0.308 e. The van der Waals surface area contributed by atoms with E-state index in [4.69, 9.17) is 0 Å². The first-order valence-corrected chi connectivity index (χ1v) is 17.9. The molecule has 3 aliphatic carbocycles. The van der Waals surface area contributed by atoms with Crippen LogP contribution in [0.15, 0.2) is 78.0 Å². The molecular formula is C35H29F2N5O4S2. The van der Waals surface area contributed by atoms with Gasteiger partial charge in [-0.1, -0.05) is 35.9 Å². The average Bonchev–Trinajstić information content (AvgIpc) is 3.68.